The first-order valence-electron chi connectivity index (χ1n) is 5.33. The highest BCUT2D eigenvalue weighted by Crippen LogP contribution is 2.06. The monoisotopic (exact) mass is 260 g/mol. The number of hydrogen-bond acceptors (Lipinski definition) is 6. The number of ether oxygens (including phenoxy) is 1. The van der Waals surface area contributed by atoms with E-state index in [1.54, 1.807) is 0 Å². The Morgan fingerprint density at radius 3 is 2.11 bits per heavy atom. The molecule has 0 heterocycles. The number of Topliss-reactive ketones (excluding diaryl/α,β-unsaturated/α-hetero) is 2. The Kier molecular flexibility index (Phi) is 6.81. The maximum absolute atomic E-state index is 11.1. The standard InChI is InChI=1S/C11H16O7/c1-6(12)5-9(14)11(17)18-4-3-8(7(2)13)10(15)16/h8-9,14H,3-5H2,1-2H3,(H,15,16). The minimum atomic E-state index is -1.55. The van der Waals surface area contributed by atoms with Crippen molar-refractivity contribution in [3.8, 4) is 0 Å². The van der Waals surface area contributed by atoms with Crippen LogP contribution in [0.25, 0.3) is 0 Å². The molecule has 0 aliphatic carbocycles. The maximum Gasteiger partial charge on any atom is 0.335 e. The summed E-state index contributed by atoms with van der Waals surface area (Å²) in [5.74, 6) is -4.43. The second-order valence-electron chi connectivity index (χ2n) is 3.88. The highest BCUT2D eigenvalue weighted by atomic mass is 16.5. The summed E-state index contributed by atoms with van der Waals surface area (Å²) < 4.78 is 4.58. The summed E-state index contributed by atoms with van der Waals surface area (Å²) in [6, 6.07) is 0. The third kappa shape index (κ3) is 6.09. The van der Waals surface area contributed by atoms with E-state index in [4.69, 9.17) is 5.11 Å². The van der Waals surface area contributed by atoms with Crippen LogP contribution in [0.15, 0.2) is 0 Å². The number of carboxylic acids is 1. The number of aliphatic hydroxyl groups is 1. The lowest BCUT2D eigenvalue weighted by atomic mass is 10.0. The summed E-state index contributed by atoms with van der Waals surface area (Å²) >= 11 is 0. The lowest BCUT2D eigenvalue weighted by Crippen LogP contribution is -2.28. The predicted octanol–water partition coefficient (Wildman–Crippen LogP) is -0.451. The summed E-state index contributed by atoms with van der Waals surface area (Å²) in [6.07, 6.45) is -2.07. The van der Waals surface area contributed by atoms with Crippen LogP contribution < -0.4 is 0 Å². The first kappa shape index (κ1) is 16.2. The van der Waals surface area contributed by atoms with Gasteiger partial charge in [0.15, 0.2) is 6.10 Å². The Labute approximate surface area is 104 Å². The first-order chi connectivity index (χ1) is 8.25. The van der Waals surface area contributed by atoms with Gasteiger partial charge < -0.3 is 14.9 Å². The molecular formula is C11H16O7. The van der Waals surface area contributed by atoms with Gasteiger partial charge in [0.2, 0.25) is 0 Å². The summed E-state index contributed by atoms with van der Waals surface area (Å²) in [7, 11) is 0. The van der Waals surface area contributed by atoms with Gasteiger partial charge in [0, 0.05) is 12.8 Å². The molecule has 0 aliphatic heterocycles. The smallest absolute Gasteiger partial charge is 0.335 e. The van der Waals surface area contributed by atoms with Gasteiger partial charge in [-0.05, 0) is 13.8 Å². The Bertz CT molecular complexity index is 333. The summed E-state index contributed by atoms with van der Waals surface area (Å²) in [6.45, 7) is 2.04. The lowest BCUT2D eigenvalue weighted by Gasteiger charge is -2.11. The number of carbonyl (C=O) groups excluding carboxylic acids is 3. The number of carboxylic acid groups (broad SMARTS) is 1. The molecule has 7 heteroatoms. The van der Waals surface area contributed by atoms with E-state index in [0.29, 0.717) is 0 Å². The van der Waals surface area contributed by atoms with Crippen molar-refractivity contribution < 1.29 is 34.1 Å². The van der Waals surface area contributed by atoms with Gasteiger partial charge in [0.1, 0.15) is 17.5 Å². The van der Waals surface area contributed by atoms with E-state index in [0.717, 1.165) is 6.92 Å². The minimum Gasteiger partial charge on any atom is -0.481 e. The van der Waals surface area contributed by atoms with E-state index >= 15 is 0 Å². The van der Waals surface area contributed by atoms with Crippen LogP contribution >= 0.6 is 0 Å². The third-order valence-electron chi connectivity index (χ3n) is 2.19. The summed E-state index contributed by atoms with van der Waals surface area (Å²) in [5, 5.41) is 17.9. The van der Waals surface area contributed by atoms with Gasteiger partial charge in [0.05, 0.1) is 6.61 Å². The van der Waals surface area contributed by atoms with Crippen LogP contribution in [-0.2, 0) is 23.9 Å². The average Bonchev–Trinajstić information content (AvgIpc) is 2.21. The zero-order chi connectivity index (χ0) is 14.3. The van der Waals surface area contributed by atoms with Gasteiger partial charge in [-0.2, -0.15) is 0 Å². The molecule has 0 amide bonds. The molecule has 0 fully saturated rings. The summed E-state index contributed by atoms with van der Waals surface area (Å²) in [5.41, 5.74) is 0. The molecule has 0 rings (SSSR count). The molecule has 0 aromatic heterocycles. The van der Waals surface area contributed by atoms with Crippen molar-refractivity contribution in [2.75, 3.05) is 6.61 Å². The number of hydrogen-bond donors (Lipinski definition) is 2. The number of rotatable bonds is 8. The highest BCUT2D eigenvalue weighted by molar-refractivity contribution is 5.96. The van der Waals surface area contributed by atoms with Crippen LogP contribution in [0.3, 0.4) is 0 Å². The second kappa shape index (κ2) is 7.54. The fourth-order valence-electron chi connectivity index (χ4n) is 1.23. The predicted molar refractivity (Wildman–Crippen MR) is 58.7 cm³/mol. The van der Waals surface area contributed by atoms with Crippen LogP contribution in [0.4, 0.5) is 0 Å². The Morgan fingerprint density at radius 2 is 1.72 bits per heavy atom. The number of aliphatic carboxylic acids is 1. The average molecular weight is 260 g/mol. The van der Waals surface area contributed by atoms with Gasteiger partial charge in [-0.3, -0.25) is 14.4 Å². The largest absolute Gasteiger partial charge is 0.481 e. The van der Waals surface area contributed by atoms with Crippen molar-refractivity contribution in [1.82, 2.24) is 0 Å². The molecule has 0 radical (unpaired) electrons. The van der Waals surface area contributed by atoms with E-state index < -0.39 is 29.7 Å². The summed E-state index contributed by atoms with van der Waals surface area (Å²) in [4.78, 5) is 43.3. The molecule has 102 valence electrons. The molecule has 0 bridgehead atoms. The van der Waals surface area contributed by atoms with Gasteiger partial charge in [-0.15, -0.1) is 0 Å². The zero-order valence-corrected chi connectivity index (χ0v) is 10.2. The van der Waals surface area contributed by atoms with E-state index in [9.17, 15) is 24.3 Å². The molecule has 18 heavy (non-hydrogen) atoms. The van der Waals surface area contributed by atoms with Gasteiger partial charge in [-0.25, -0.2) is 4.79 Å². The molecule has 0 aromatic rings. The second-order valence-corrected chi connectivity index (χ2v) is 3.88. The Morgan fingerprint density at radius 1 is 1.17 bits per heavy atom. The normalized spacial score (nSPS) is 13.5. The van der Waals surface area contributed by atoms with Crippen LogP contribution in [0.1, 0.15) is 26.7 Å². The topological polar surface area (TPSA) is 118 Å². The van der Waals surface area contributed by atoms with Gasteiger partial charge in [0.25, 0.3) is 0 Å². The van der Waals surface area contributed by atoms with Crippen molar-refractivity contribution in [1.29, 1.82) is 0 Å². The first-order valence-corrected chi connectivity index (χ1v) is 5.33. The molecule has 0 saturated heterocycles. The zero-order valence-electron chi connectivity index (χ0n) is 10.2. The number of esters is 1. The van der Waals surface area contributed by atoms with E-state index in [-0.39, 0.29) is 25.2 Å². The molecule has 2 atom stereocenters. The number of aliphatic hydroxyl groups excluding tert-OH is 1. The van der Waals surface area contributed by atoms with Crippen molar-refractivity contribution in [2.45, 2.75) is 32.8 Å². The number of carbonyl (C=O) groups is 4. The van der Waals surface area contributed by atoms with E-state index in [2.05, 4.69) is 4.74 Å². The van der Waals surface area contributed by atoms with Crippen LogP contribution in [0.2, 0.25) is 0 Å². The highest BCUT2D eigenvalue weighted by Gasteiger charge is 2.24. The fourth-order valence-corrected chi connectivity index (χ4v) is 1.23. The molecule has 7 nitrogen and oxygen atoms in total. The lowest BCUT2D eigenvalue weighted by molar-refractivity contribution is -0.157. The van der Waals surface area contributed by atoms with Crippen molar-refractivity contribution >= 4 is 23.5 Å². The quantitative estimate of drug-likeness (QED) is 0.448. The molecule has 2 N–H and O–H groups in total. The third-order valence-corrected chi connectivity index (χ3v) is 2.19. The molecule has 0 aromatic carbocycles. The van der Waals surface area contributed by atoms with E-state index in [1.165, 1.54) is 6.92 Å². The molecule has 0 aliphatic rings. The van der Waals surface area contributed by atoms with Crippen LogP contribution in [0, 0.1) is 5.92 Å². The molecule has 0 spiro atoms. The maximum atomic E-state index is 11.1. The van der Waals surface area contributed by atoms with Crippen LogP contribution in [-0.4, -0.2) is 46.4 Å². The minimum absolute atomic E-state index is 0.163. The van der Waals surface area contributed by atoms with Crippen molar-refractivity contribution in [3.63, 3.8) is 0 Å². The fraction of sp³-hybridized carbons (Fsp3) is 0.636. The Balaban J connectivity index is 4.10. The van der Waals surface area contributed by atoms with Crippen molar-refractivity contribution in [2.24, 2.45) is 5.92 Å². The molecule has 0 saturated carbocycles. The molecular weight excluding hydrogens is 244 g/mol. The van der Waals surface area contributed by atoms with Crippen LogP contribution in [0.5, 0.6) is 0 Å². The van der Waals surface area contributed by atoms with E-state index in [1.807, 2.05) is 0 Å². The number of ketones is 2. The molecule has 2 unspecified atom stereocenters. The Hall–Kier alpha value is -1.76. The van der Waals surface area contributed by atoms with Crippen molar-refractivity contribution in [3.05, 3.63) is 0 Å². The van der Waals surface area contributed by atoms with Gasteiger partial charge in [-0.1, -0.05) is 0 Å². The van der Waals surface area contributed by atoms with Gasteiger partial charge >= 0.3 is 11.9 Å². The SMILES string of the molecule is CC(=O)CC(O)C(=O)OCCC(C(C)=O)C(=O)O.